The molecule has 0 saturated carbocycles. The van der Waals surface area contributed by atoms with Crippen LogP contribution in [0.2, 0.25) is 0 Å². The molecule has 140 valence electrons. The van der Waals surface area contributed by atoms with Crippen LogP contribution in [-0.4, -0.2) is 0 Å². The summed E-state index contributed by atoms with van der Waals surface area (Å²) in [5.74, 6) is -1.39. The van der Waals surface area contributed by atoms with Gasteiger partial charge in [0, 0.05) is 5.56 Å². The van der Waals surface area contributed by atoms with Gasteiger partial charge in [-0.15, -0.1) is 0 Å². The molecule has 0 aromatic heterocycles. The molecule has 0 aliphatic carbocycles. The topological polar surface area (TPSA) is 0 Å². The van der Waals surface area contributed by atoms with E-state index in [9.17, 15) is 13.2 Å². The first-order valence-electron chi connectivity index (χ1n) is 8.95. The van der Waals surface area contributed by atoms with Crippen molar-refractivity contribution in [3.63, 3.8) is 0 Å². The van der Waals surface area contributed by atoms with Crippen LogP contribution in [0.5, 0.6) is 0 Å². The Morgan fingerprint density at radius 2 is 1.15 bits per heavy atom. The van der Waals surface area contributed by atoms with Gasteiger partial charge in [-0.05, 0) is 97.8 Å². The summed E-state index contributed by atoms with van der Waals surface area (Å²) in [5, 5.41) is 0. The standard InChI is InChI=1S/C23H21F3S/c1-15-21(24)13-18(14-22(15)25)5-9-19-8-4-17(12-23(19)26)3-2-16-6-10-20(27)11-7-16/h4,6-8,10-14,27H,2-3,5,9H2,1H3/p+1. The lowest BCUT2D eigenvalue weighted by atomic mass is 9.99. The molecule has 0 atom stereocenters. The van der Waals surface area contributed by atoms with Gasteiger partial charge in [-0.2, -0.15) is 0 Å². The molecule has 3 aromatic carbocycles. The van der Waals surface area contributed by atoms with Gasteiger partial charge < -0.3 is 0 Å². The van der Waals surface area contributed by atoms with Crippen molar-refractivity contribution in [1.82, 2.24) is 0 Å². The molecule has 0 N–H and O–H groups in total. The summed E-state index contributed by atoms with van der Waals surface area (Å²) in [5.41, 5.74) is 3.24. The molecule has 0 aliphatic heterocycles. The van der Waals surface area contributed by atoms with Gasteiger partial charge in [0.25, 0.3) is 0 Å². The highest BCUT2D eigenvalue weighted by Gasteiger charge is 2.09. The molecule has 0 unspecified atom stereocenters. The average Bonchev–Trinajstić information content (AvgIpc) is 2.65. The maximum Gasteiger partial charge on any atom is 0.150 e. The summed E-state index contributed by atoms with van der Waals surface area (Å²) >= 11 is 3.46. The smallest absolute Gasteiger partial charge is 0.150 e. The minimum Gasteiger partial charge on any atom is -0.207 e. The van der Waals surface area contributed by atoms with E-state index in [1.165, 1.54) is 24.6 Å². The minimum absolute atomic E-state index is 0.0138. The van der Waals surface area contributed by atoms with Crippen LogP contribution >= 0.6 is 0 Å². The molecule has 0 saturated heterocycles. The highest BCUT2D eigenvalue weighted by molar-refractivity contribution is 7.58. The fourth-order valence-electron chi connectivity index (χ4n) is 3.03. The van der Waals surface area contributed by atoms with Gasteiger partial charge in [0.2, 0.25) is 0 Å². The number of aryl methyl sites for hydroxylation is 4. The Bertz CT molecular complexity index is 910. The molecule has 0 nitrogen and oxygen atoms in total. The Kier molecular flexibility index (Phi) is 6.27. The summed E-state index contributed by atoms with van der Waals surface area (Å²) in [6, 6.07) is 16.0. The largest absolute Gasteiger partial charge is 0.207 e. The Morgan fingerprint density at radius 3 is 1.78 bits per heavy atom. The first-order chi connectivity index (χ1) is 12.9. The van der Waals surface area contributed by atoms with Crippen LogP contribution in [0.15, 0.2) is 59.5 Å². The Hall–Kier alpha value is -2.20. The maximum absolute atomic E-state index is 14.4. The molecule has 0 heterocycles. The van der Waals surface area contributed by atoms with E-state index in [4.69, 9.17) is 0 Å². The minimum atomic E-state index is -0.561. The van der Waals surface area contributed by atoms with Gasteiger partial charge in [0.15, 0.2) is 0 Å². The van der Waals surface area contributed by atoms with Crippen molar-refractivity contribution < 1.29 is 13.2 Å². The highest BCUT2D eigenvalue weighted by atomic mass is 32.1. The molecule has 3 aromatic rings. The molecule has 0 radical (unpaired) electrons. The summed E-state index contributed by atoms with van der Waals surface area (Å²) in [7, 11) is 0. The van der Waals surface area contributed by atoms with E-state index in [1.807, 2.05) is 30.3 Å². The first-order valence-corrected chi connectivity index (χ1v) is 9.45. The summed E-state index contributed by atoms with van der Waals surface area (Å²) in [4.78, 5) is 1.03. The monoisotopic (exact) mass is 387 g/mol. The number of rotatable bonds is 6. The molecule has 0 aliphatic rings. The van der Waals surface area contributed by atoms with Crippen molar-refractivity contribution in [1.29, 1.82) is 0 Å². The molecule has 3 rings (SSSR count). The third-order valence-corrected chi connectivity index (χ3v) is 5.13. The fourth-order valence-corrected chi connectivity index (χ4v) is 3.20. The molecule has 0 bridgehead atoms. The van der Waals surface area contributed by atoms with E-state index >= 15 is 0 Å². The van der Waals surface area contributed by atoms with E-state index in [-0.39, 0.29) is 11.4 Å². The molecule has 4 heteroatoms. The zero-order chi connectivity index (χ0) is 19.4. The van der Waals surface area contributed by atoms with Crippen LogP contribution in [0.3, 0.4) is 0 Å². The second kappa shape index (κ2) is 8.66. The van der Waals surface area contributed by atoms with Crippen molar-refractivity contribution in [2.45, 2.75) is 37.5 Å². The van der Waals surface area contributed by atoms with Gasteiger partial charge in [0.1, 0.15) is 22.3 Å². The third-order valence-electron chi connectivity index (χ3n) is 4.80. The average molecular weight is 387 g/mol. The zero-order valence-corrected chi connectivity index (χ0v) is 16.2. The van der Waals surface area contributed by atoms with Crippen LogP contribution in [0.25, 0.3) is 0 Å². The Balaban J connectivity index is 1.62. The summed E-state index contributed by atoms with van der Waals surface area (Å²) in [6.07, 6.45) is 2.39. The van der Waals surface area contributed by atoms with Crippen LogP contribution in [0, 0.1) is 24.4 Å². The van der Waals surface area contributed by atoms with Gasteiger partial charge in [-0.25, -0.2) is 13.2 Å². The molecule has 27 heavy (non-hydrogen) atoms. The lowest BCUT2D eigenvalue weighted by molar-refractivity contribution is 0.563. The van der Waals surface area contributed by atoms with Crippen LogP contribution in [0.1, 0.15) is 27.8 Å². The Morgan fingerprint density at radius 1 is 0.630 bits per heavy atom. The predicted octanol–water partition coefficient (Wildman–Crippen LogP) is 5.35. The van der Waals surface area contributed by atoms with Crippen molar-refractivity contribution in [3.8, 4) is 0 Å². The lowest BCUT2D eigenvalue weighted by Gasteiger charge is -2.08. The van der Waals surface area contributed by atoms with Gasteiger partial charge >= 0.3 is 0 Å². The quantitative estimate of drug-likeness (QED) is 0.500. The van der Waals surface area contributed by atoms with E-state index in [0.717, 1.165) is 23.3 Å². The third kappa shape index (κ3) is 5.16. The molecule has 0 fully saturated rings. The highest BCUT2D eigenvalue weighted by Crippen LogP contribution is 2.18. The van der Waals surface area contributed by atoms with Gasteiger partial charge in [-0.3, -0.25) is 0 Å². The summed E-state index contributed by atoms with van der Waals surface area (Å²) < 4.78 is 41.7. The van der Waals surface area contributed by atoms with Crippen LogP contribution < -0.4 is 0 Å². The second-order valence-corrected chi connectivity index (χ2v) is 7.38. The first kappa shape index (κ1) is 19.6. The second-order valence-electron chi connectivity index (χ2n) is 6.81. The fraction of sp³-hybridized carbons (Fsp3) is 0.217. The van der Waals surface area contributed by atoms with Crippen molar-refractivity contribution in [2.75, 3.05) is 0 Å². The van der Waals surface area contributed by atoms with E-state index in [1.54, 1.807) is 12.1 Å². The Labute approximate surface area is 163 Å². The molecule has 0 spiro atoms. The zero-order valence-electron chi connectivity index (χ0n) is 15.2. The summed E-state index contributed by atoms with van der Waals surface area (Å²) in [6.45, 7) is 1.40. The van der Waals surface area contributed by atoms with E-state index < -0.39 is 11.6 Å². The lowest BCUT2D eigenvalue weighted by Crippen LogP contribution is -2.00. The molecule has 0 amide bonds. The van der Waals surface area contributed by atoms with E-state index in [0.29, 0.717) is 24.0 Å². The van der Waals surface area contributed by atoms with Crippen molar-refractivity contribution in [3.05, 3.63) is 99.9 Å². The predicted molar refractivity (Wildman–Crippen MR) is 107 cm³/mol. The normalized spacial score (nSPS) is 11.0. The SMILES string of the molecule is Cc1c(F)cc(CCc2ccc(CCc3ccc([SH2+])cc3)cc2F)cc1F. The van der Waals surface area contributed by atoms with E-state index in [2.05, 4.69) is 12.6 Å². The van der Waals surface area contributed by atoms with Crippen molar-refractivity contribution in [2.24, 2.45) is 0 Å². The number of hydrogen-bond donors (Lipinski definition) is 0. The number of hydrogen-bond acceptors (Lipinski definition) is 0. The number of benzene rings is 3. The molecular weight excluding hydrogens is 365 g/mol. The van der Waals surface area contributed by atoms with Crippen LogP contribution in [-0.2, 0) is 38.3 Å². The van der Waals surface area contributed by atoms with Gasteiger partial charge in [0.05, 0.1) is 0 Å². The van der Waals surface area contributed by atoms with Crippen LogP contribution in [0.4, 0.5) is 13.2 Å². The van der Waals surface area contributed by atoms with Crippen molar-refractivity contribution >= 4 is 12.6 Å². The maximum atomic E-state index is 14.4. The number of halogens is 3. The molecular formula is C23H22F3S+. The van der Waals surface area contributed by atoms with Gasteiger partial charge in [-0.1, -0.05) is 24.3 Å².